The van der Waals surface area contributed by atoms with Crippen molar-refractivity contribution in [3.63, 3.8) is 0 Å². The molecule has 3 aromatic rings. The molecule has 0 aliphatic rings. The second-order valence-corrected chi connectivity index (χ2v) is 9.41. The number of rotatable bonds is 12. The smallest absolute Gasteiger partial charge is 0.407 e. The Morgan fingerprint density at radius 2 is 1.59 bits per heavy atom. The Hall–Kier alpha value is -3.92. The second kappa shape index (κ2) is 16.4. The van der Waals surface area contributed by atoms with Crippen LogP contribution < -0.4 is 10.6 Å². The van der Waals surface area contributed by atoms with Crippen molar-refractivity contribution in [3.8, 4) is 11.1 Å². The maximum atomic E-state index is 13.2. The Morgan fingerprint density at radius 1 is 0.951 bits per heavy atom. The van der Waals surface area contributed by atoms with E-state index in [0.29, 0.717) is 11.3 Å². The van der Waals surface area contributed by atoms with Gasteiger partial charge in [-0.25, -0.2) is 4.79 Å². The van der Waals surface area contributed by atoms with Crippen molar-refractivity contribution in [1.82, 2.24) is 15.6 Å². The number of pyridine rings is 1. The fourth-order valence-corrected chi connectivity index (χ4v) is 3.87. The number of amides is 2. The lowest BCUT2D eigenvalue weighted by Gasteiger charge is -2.31. The molecular weight excluding hydrogens is 535 g/mol. The highest BCUT2D eigenvalue weighted by Gasteiger charge is 2.29. The maximum absolute atomic E-state index is 13.2. The molecule has 7 nitrogen and oxygen atoms in total. The van der Waals surface area contributed by atoms with Crippen molar-refractivity contribution in [3.05, 3.63) is 89.7 Å². The molecule has 2 aromatic carbocycles. The van der Waals surface area contributed by atoms with Crippen molar-refractivity contribution in [2.24, 2.45) is 0 Å². The molecule has 41 heavy (non-hydrogen) atoms. The van der Waals surface area contributed by atoms with E-state index in [1.807, 2.05) is 62.4 Å². The van der Waals surface area contributed by atoms with Gasteiger partial charge in [0.2, 0.25) is 0 Å². The van der Waals surface area contributed by atoms with Crippen LogP contribution in [0.1, 0.15) is 70.0 Å². The summed E-state index contributed by atoms with van der Waals surface area (Å²) >= 11 is 0. The number of halogens is 3. The molecule has 0 bridgehead atoms. The number of ether oxygens (including phenoxy) is 2. The monoisotopic (exact) mass is 573 g/mol. The quantitative estimate of drug-likeness (QED) is 0.222. The SMILES string of the molecule is CC.CC(NC(=O)OCc1ccccc1)c1ccc(-c2ccc(C(CCF)OC(C)(C)NC(=O)C(F)F)cc2)cn1. The molecule has 222 valence electrons. The first-order chi connectivity index (χ1) is 19.6. The molecule has 0 fully saturated rings. The predicted octanol–water partition coefficient (Wildman–Crippen LogP) is 7.30. The number of carbonyl (C=O) groups excluding carboxylic acids is 2. The highest BCUT2D eigenvalue weighted by atomic mass is 19.3. The number of benzene rings is 2. The minimum atomic E-state index is -3.18. The Morgan fingerprint density at radius 3 is 2.15 bits per heavy atom. The zero-order valence-corrected chi connectivity index (χ0v) is 24.0. The van der Waals surface area contributed by atoms with E-state index >= 15 is 0 Å². The number of nitrogens with zero attached hydrogens (tertiary/aromatic N) is 1. The number of alkyl carbamates (subject to hydrolysis) is 1. The Kier molecular flexibility index (Phi) is 13.3. The summed E-state index contributed by atoms with van der Waals surface area (Å²) in [6.45, 7) is 8.14. The van der Waals surface area contributed by atoms with Crippen LogP contribution in [0.15, 0.2) is 72.9 Å². The van der Waals surface area contributed by atoms with Crippen molar-refractivity contribution in [2.45, 2.75) is 71.9 Å². The molecule has 1 aromatic heterocycles. The lowest BCUT2D eigenvalue weighted by Crippen LogP contribution is -2.48. The van der Waals surface area contributed by atoms with Crippen LogP contribution in [-0.4, -0.2) is 35.8 Å². The van der Waals surface area contributed by atoms with Gasteiger partial charge in [0.1, 0.15) is 12.3 Å². The Balaban J connectivity index is 0.00000287. The van der Waals surface area contributed by atoms with E-state index in [2.05, 4.69) is 15.6 Å². The highest BCUT2D eigenvalue weighted by molar-refractivity contribution is 5.79. The van der Waals surface area contributed by atoms with Crippen molar-refractivity contribution >= 4 is 12.0 Å². The summed E-state index contributed by atoms with van der Waals surface area (Å²) in [5.74, 6) is -1.46. The largest absolute Gasteiger partial charge is 0.445 e. The number of hydrogen-bond acceptors (Lipinski definition) is 5. The number of hydrogen-bond donors (Lipinski definition) is 2. The van der Waals surface area contributed by atoms with Crippen LogP contribution in [0.2, 0.25) is 0 Å². The summed E-state index contributed by atoms with van der Waals surface area (Å²) in [5, 5.41) is 4.87. The summed E-state index contributed by atoms with van der Waals surface area (Å²) in [7, 11) is 0. The van der Waals surface area contributed by atoms with Gasteiger partial charge in [0.15, 0.2) is 0 Å². The summed E-state index contributed by atoms with van der Waals surface area (Å²) in [4.78, 5) is 28.0. The van der Waals surface area contributed by atoms with Crippen LogP contribution in [0.25, 0.3) is 11.1 Å². The Bertz CT molecular complexity index is 1210. The van der Waals surface area contributed by atoms with Crippen LogP contribution in [0.3, 0.4) is 0 Å². The molecule has 2 atom stereocenters. The van der Waals surface area contributed by atoms with Crippen molar-refractivity contribution in [1.29, 1.82) is 0 Å². The summed E-state index contributed by atoms with van der Waals surface area (Å²) in [6.07, 6.45) is -2.82. The zero-order valence-electron chi connectivity index (χ0n) is 24.0. The summed E-state index contributed by atoms with van der Waals surface area (Å²) in [5.41, 5.74) is 2.40. The molecule has 3 rings (SSSR count). The zero-order chi connectivity index (χ0) is 30.4. The molecular formula is C31H38F3N3O4. The van der Waals surface area contributed by atoms with E-state index in [9.17, 15) is 22.8 Å². The maximum Gasteiger partial charge on any atom is 0.407 e. The van der Waals surface area contributed by atoms with E-state index < -0.39 is 36.9 Å². The van der Waals surface area contributed by atoms with Crippen molar-refractivity contribution in [2.75, 3.05) is 6.67 Å². The van der Waals surface area contributed by atoms with Gasteiger partial charge in [0, 0.05) is 18.2 Å². The fraction of sp³-hybridized carbons (Fsp3) is 0.387. The van der Waals surface area contributed by atoms with E-state index in [1.54, 1.807) is 31.3 Å². The van der Waals surface area contributed by atoms with Gasteiger partial charge in [0.05, 0.1) is 24.5 Å². The van der Waals surface area contributed by atoms with E-state index in [-0.39, 0.29) is 19.1 Å². The minimum Gasteiger partial charge on any atom is -0.445 e. The molecule has 0 radical (unpaired) electrons. The average Bonchev–Trinajstić information content (AvgIpc) is 2.97. The third-order valence-corrected chi connectivity index (χ3v) is 5.82. The van der Waals surface area contributed by atoms with Gasteiger partial charge in [-0.05, 0) is 43.5 Å². The van der Waals surface area contributed by atoms with Gasteiger partial charge in [-0.1, -0.05) is 74.5 Å². The summed E-state index contributed by atoms with van der Waals surface area (Å²) in [6, 6.07) is 19.8. The van der Waals surface area contributed by atoms with E-state index in [1.165, 1.54) is 13.8 Å². The normalized spacial score (nSPS) is 12.5. The minimum absolute atomic E-state index is 0.0117. The second-order valence-electron chi connectivity index (χ2n) is 9.41. The molecule has 0 spiro atoms. The van der Waals surface area contributed by atoms with Gasteiger partial charge in [0.25, 0.3) is 5.91 Å². The molecule has 2 amide bonds. The van der Waals surface area contributed by atoms with Gasteiger partial charge in [-0.2, -0.15) is 8.78 Å². The number of alkyl halides is 3. The molecule has 0 aliphatic heterocycles. The number of aromatic nitrogens is 1. The third-order valence-electron chi connectivity index (χ3n) is 5.82. The first-order valence-corrected chi connectivity index (χ1v) is 13.5. The predicted molar refractivity (Wildman–Crippen MR) is 152 cm³/mol. The first-order valence-electron chi connectivity index (χ1n) is 13.5. The van der Waals surface area contributed by atoms with Gasteiger partial charge < -0.3 is 20.1 Å². The topological polar surface area (TPSA) is 89.5 Å². The lowest BCUT2D eigenvalue weighted by atomic mass is 10.0. The molecule has 0 aliphatic carbocycles. The standard InChI is InChI=1S/C29H32F3N3O4.C2H6/c1-19(34-28(37)38-18-20-7-5-4-6-8-20)24-14-13-23(17-33-24)21-9-11-22(12-10-21)25(15-16-30)39-29(2,3)35-27(36)26(31)32;1-2/h4-14,17,19,25-26H,15-16,18H2,1-3H3,(H,34,37)(H,35,36);1-2H3. The molecule has 1 heterocycles. The van der Waals surface area contributed by atoms with Gasteiger partial charge in [-0.3, -0.25) is 14.2 Å². The molecule has 0 saturated heterocycles. The van der Waals surface area contributed by atoms with Crippen LogP contribution in [0.4, 0.5) is 18.0 Å². The first kappa shape index (κ1) is 33.3. The highest BCUT2D eigenvalue weighted by Crippen LogP contribution is 2.29. The van der Waals surface area contributed by atoms with Gasteiger partial charge in [-0.15, -0.1) is 0 Å². The van der Waals surface area contributed by atoms with Crippen LogP contribution in [-0.2, 0) is 20.9 Å². The van der Waals surface area contributed by atoms with Crippen LogP contribution in [0.5, 0.6) is 0 Å². The molecule has 2 unspecified atom stereocenters. The number of carbonyl (C=O) groups is 2. The number of nitrogens with one attached hydrogen (secondary N) is 2. The molecule has 10 heteroatoms. The van der Waals surface area contributed by atoms with Crippen LogP contribution in [0, 0.1) is 0 Å². The van der Waals surface area contributed by atoms with E-state index in [0.717, 1.165) is 16.7 Å². The average molecular weight is 574 g/mol. The lowest BCUT2D eigenvalue weighted by molar-refractivity contribution is -0.148. The Labute approximate surface area is 239 Å². The third kappa shape index (κ3) is 10.9. The fourth-order valence-electron chi connectivity index (χ4n) is 3.87. The summed E-state index contributed by atoms with van der Waals surface area (Å²) < 4.78 is 49.5. The molecule has 2 N–H and O–H groups in total. The molecule has 0 saturated carbocycles. The van der Waals surface area contributed by atoms with E-state index in [4.69, 9.17) is 9.47 Å². The van der Waals surface area contributed by atoms with Crippen LogP contribution >= 0.6 is 0 Å². The van der Waals surface area contributed by atoms with Crippen molar-refractivity contribution < 1.29 is 32.2 Å². The van der Waals surface area contributed by atoms with Gasteiger partial charge >= 0.3 is 12.5 Å².